The minimum absolute atomic E-state index is 0.0976. The number of hydrogen-bond donors (Lipinski definition) is 3. The summed E-state index contributed by atoms with van der Waals surface area (Å²) < 4.78 is 11.3. The SMILES string of the molecule is CCCCCOc1c(OC)ccc2cc(C(=O)N[C@H](Cc3ccccc3)C(=O)O)c(=O)[nH]c12. The van der Waals surface area contributed by atoms with Gasteiger partial charge in [-0.05, 0) is 30.2 Å². The first-order chi connectivity index (χ1) is 15.9. The molecule has 0 unspecified atom stereocenters. The third kappa shape index (κ3) is 5.91. The zero-order valence-corrected chi connectivity index (χ0v) is 18.7. The number of benzene rings is 2. The number of carboxylic acids is 1. The molecule has 1 atom stereocenters. The lowest BCUT2D eigenvalue weighted by Crippen LogP contribution is -2.43. The molecule has 0 aliphatic heterocycles. The van der Waals surface area contributed by atoms with Gasteiger partial charge >= 0.3 is 5.97 Å². The Kier molecular flexibility index (Phi) is 8.07. The van der Waals surface area contributed by atoms with Crippen LogP contribution in [0.1, 0.15) is 42.1 Å². The predicted molar refractivity (Wildman–Crippen MR) is 125 cm³/mol. The number of pyridine rings is 1. The lowest BCUT2D eigenvalue weighted by Gasteiger charge is -2.16. The van der Waals surface area contributed by atoms with Crippen LogP contribution in [0.5, 0.6) is 11.5 Å². The molecule has 0 aliphatic carbocycles. The number of nitrogens with one attached hydrogen (secondary N) is 2. The van der Waals surface area contributed by atoms with Crippen molar-refractivity contribution < 1.29 is 24.2 Å². The number of hydrogen-bond acceptors (Lipinski definition) is 5. The predicted octanol–water partition coefficient (Wildman–Crippen LogP) is 3.53. The lowest BCUT2D eigenvalue weighted by molar-refractivity contribution is -0.139. The van der Waals surface area contributed by atoms with Crippen LogP contribution in [0.3, 0.4) is 0 Å². The number of methoxy groups -OCH3 is 1. The Bertz CT molecular complexity index is 1170. The Morgan fingerprint density at radius 2 is 1.88 bits per heavy atom. The van der Waals surface area contributed by atoms with Gasteiger partial charge < -0.3 is 24.9 Å². The van der Waals surface area contributed by atoms with Gasteiger partial charge in [-0.25, -0.2) is 4.79 Å². The number of unbranched alkanes of at least 4 members (excludes halogenated alkanes) is 2. The Balaban J connectivity index is 1.88. The molecule has 1 amide bonds. The first kappa shape index (κ1) is 23.8. The molecule has 0 radical (unpaired) electrons. The fraction of sp³-hybridized carbons (Fsp3) is 0.320. The Labute approximate surface area is 191 Å². The Morgan fingerprint density at radius 1 is 1.12 bits per heavy atom. The van der Waals surface area contributed by atoms with Gasteiger partial charge in [-0.1, -0.05) is 50.1 Å². The van der Waals surface area contributed by atoms with Crippen LogP contribution in [-0.4, -0.2) is 41.7 Å². The molecule has 3 aromatic rings. The van der Waals surface area contributed by atoms with Crippen molar-refractivity contribution >= 4 is 22.8 Å². The van der Waals surface area contributed by atoms with E-state index in [0.29, 0.717) is 29.0 Å². The van der Waals surface area contributed by atoms with Crippen LogP contribution in [0.25, 0.3) is 10.9 Å². The normalized spacial score (nSPS) is 11.7. The molecule has 2 aromatic carbocycles. The van der Waals surface area contributed by atoms with E-state index in [4.69, 9.17) is 9.47 Å². The van der Waals surface area contributed by atoms with Crippen LogP contribution in [-0.2, 0) is 11.2 Å². The summed E-state index contributed by atoms with van der Waals surface area (Å²) in [6, 6.07) is 12.6. The molecule has 0 fully saturated rings. The molecule has 3 rings (SSSR count). The topological polar surface area (TPSA) is 118 Å². The third-order valence-electron chi connectivity index (χ3n) is 5.28. The molecule has 0 bridgehead atoms. The molecule has 8 heteroatoms. The lowest BCUT2D eigenvalue weighted by atomic mass is 10.1. The zero-order chi connectivity index (χ0) is 23.8. The minimum Gasteiger partial charge on any atom is -0.493 e. The average molecular weight is 453 g/mol. The van der Waals surface area contributed by atoms with Crippen LogP contribution >= 0.6 is 0 Å². The molecule has 1 heterocycles. The molecule has 0 saturated carbocycles. The van der Waals surface area contributed by atoms with E-state index in [1.807, 2.05) is 6.07 Å². The number of carbonyl (C=O) groups excluding carboxylic acids is 1. The summed E-state index contributed by atoms with van der Waals surface area (Å²) in [6.07, 6.45) is 3.02. The van der Waals surface area contributed by atoms with E-state index < -0.39 is 23.5 Å². The van der Waals surface area contributed by atoms with Gasteiger partial charge in [0, 0.05) is 11.8 Å². The highest BCUT2D eigenvalue weighted by atomic mass is 16.5. The molecule has 33 heavy (non-hydrogen) atoms. The van der Waals surface area contributed by atoms with E-state index in [2.05, 4.69) is 17.2 Å². The van der Waals surface area contributed by atoms with Crippen molar-refractivity contribution in [3.05, 3.63) is 70.0 Å². The van der Waals surface area contributed by atoms with Crippen LogP contribution in [0.4, 0.5) is 0 Å². The average Bonchev–Trinajstić information content (AvgIpc) is 2.81. The summed E-state index contributed by atoms with van der Waals surface area (Å²) in [7, 11) is 1.51. The summed E-state index contributed by atoms with van der Waals surface area (Å²) in [5.74, 6) is -1.07. The molecule has 3 N–H and O–H groups in total. The minimum atomic E-state index is -1.18. The Morgan fingerprint density at radius 3 is 2.55 bits per heavy atom. The number of aliphatic carboxylic acids is 1. The van der Waals surface area contributed by atoms with Gasteiger partial charge in [0.15, 0.2) is 11.5 Å². The van der Waals surface area contributed by atoms with E-state index >= 15 is 0 Å². The fourth-order valence-electron chi connectivity index (χ4n) is 3.51. The van der Waals surface area contributed by atoms with E-state index in [1.165, 1.54) is 13.2 Å². The smallest absolute Gasteiger partial charge is 0.326 e. The molecule has 0 spiro atoms. The third-order valence-corrected chi connectivity index (χ3v) is 5.28. The fourth-order valence-corrected chi connectivity index (χ4v) is 3.51. The summed E-state index contributed by atoms with van der Waals surface area (Å²) in [4.78, 5) is 40.0. The van der Waals surface area contributed by atoms with Crippen molar-refractivity contribution in [3.8, 4) is 11.5 Å². The van der Waals surface area contributed by atoms with E-state index in [1.54, 1.807) is 36.4 Å². The van der Waals surface area contributed by atoms with Crippen molar-refractivity contribution in [2.45, 2.75) is 38.6 Å². The van der Waals surface area contributed by atoms with Crippen LogP contribution in [0.15, 0.2) is 53.3 Å². The van der Waals surface area contributed by atoms with Crippen LogP contribution in [0.2, 0.25) is 0 Å². The highest BCUT2D eigenvalue weighted by Gasteiger charge is 2.23. The zero-order valence-electron chi connectivity index (χ0n) is 18.7. The quantitative estimate of drug-likeness (QED) is 0.383. The van der Waals surface area contributed by atoms with Crippen molar-refractivity contribution in [2.24, 2.45) is 0 Å². The first-order valence-corrected chi connectivity index (χ1v) is 10.9. The first-order valence-electron chi connectivity index (χ1n) is 10.9. The van der Waals surface area contributed by atoms with E-state index in [-0.39, 0.29) is 12.0 Å². The highest BCUT2D eigenvalue weighted by Crippen LogP contribution is 2.34. The van der Waals surface area contributed by atoms with E-state index in [9.17, 15) is 19.5 Å². The number of H-pyrrole nitrogens is 1. The van der Waals surface area contributed by atoms with Crippen molar-refractivity contribution in [2.75, 3.05) is 13.7 Å². The van der Waals surface area contributed by atoms with E-state index in [0.717, 1.165) is 24.8 Å². The molecule has 8 nitrogen and oxygen atoms in total. The molecular formula is C25H28N2O6. The monoisotopic (exact) mass is 452 g/mol. The number of rotatable bonds is 11. The molecule has 174 valence electrons. The number of ether oxygens (including phenoxy) is 2. The highest BCUT2D eigenvalue weighted by molar-refractivity contribution is 6.00. The molecule has 0 saturated heterocycles. The Hall–Kier alpha value is -3.81. The van der Waals surface area contributed by atoms with Crippen LogP contribution in [0, 0.1) is 0 Å². The summed E-state index contributed by atoms with van der Waals surface area (Å²) in [6.45, 7) is 2.56. The summed E-state index contributed by atoms with van der Waals surface area (Å²) in [5.41, 5.74) is 0.362. The maximum atomic E-state index is 12.8. The number of carboxylic acid groups (broad SMARTS) is 1. The van der Waals surface area contributed by atoms with Gasteiger partial charge in [-0.2, -0.15) is 0 Å². The molecule has 0 aliphatic rings. The maximum Gasteiger partial charge on any atom is 0.326 e. The van der Waals surface area contributed by atoms with Crippen molar-refractivity contribution in [1.29, 1.82) is 0 Å². The van der Waals surface area contributed by atoms with Gasteiger partial charge in [0.2, 0.25) is 0 Å². The standard InChI is InChI=1S/C25H28N2O6/c1-3-4-8-13-33-22-20(32-2)12-11-17-15-18(24(29)27-21(17)22)23(28)26-19(25(30)31)14-16-9-6-5-7-10-16/h5-7,9-12,15,19H,3-4,8,13-14H2,1-2H3,(H,26,28)(H,27,29)(H,30,31)/t19-/m1/s1. The maximum absolute atomic E-state index is 12.8. The molecule has 1 aromatic heterocycles. The summed E-state index contributed by atoms with van der Waals surface area (Å²) >= 11 is 0. The number of amides is 1. The number of carbonyl (C=O) groups is 2. The van der Waals surface area contributed by atoms with Crippen molar-refractivity contribution in [1.82, 2.24) is 10.3 Å². The second kappa shape index (κ2) is 11.2. The van der Waals surface area contributed by atoms with Crippen molar-refractivity contribution in [3.63, 3.8) is 0 Å². The van der Waals surface area contributed by atoms with Crippen LogP contribution < -0.4 is 20.3 Å². The van der Waals surface area contributed by atoms with Gasteiger partial charge in [0.25, 0.3) is 11.5 Å². The number of fused-ring (bicyclic) bond motifs is 1. The molecular weight excluding hydrogens is 424 g/mol. The van der Waals surface area contributed by atoms with Gasteiger partial charge in [0.05, 0.1) is 19.2 Å². The number of aromatic amines is 1. The largest absolute Gasteiger partial charge is 0.493 e. The van der Waals surface area contributed by atoms with Gasteiger partial charge in [-0.3, -0.25) is 9.59 Å². The summed E-state index contributed by atoms with van der Waals surface area (Å²) in [5, 5.41) is 12.6. The van der Waals surface area contributed by atoms with Gasteiger partial charge in [0.1, 0.15) is 11.6 Å². The second-order valence-corrected chi connectivity index (χ2v) is 7.68. The number of aromatic nitrogens is 1. The van der Waals surface area contributed by atoms with Gasteiger partial charge in [-0.15, -0.1) is 0 Å². The second-order valence-electron chi connectivity index (χ2n) is 7.68.